The van der Waals surface area contributed by atoms with Crippen LogP contribution in [0.25, 0.3) is 4.96 Å². The highest BCUT2D eigenvalue weighted by Gasteiger charge is 2.37. The molecule has 3 atom stereocenters. The summed E-state index contributed by atoms with van der Waals surface area (Å²) in [6.07, 6.45) is 6.74. The van der Waals surface area contributed by atoms with Gasteiger partial charge in [-0.05, 0) is 25.2 Å². The molecule has 0 amide bonds. The summed E-state index contributed by atoms with van der Waals surface area (Å²) in [5.74, 6) is 2.18. The molecule has 6 heteroatoms. The fraction of sp³-hybridized carbons (Fsp3) is 0.786. The quantitative estimate of drug-likeness (QED) is 0.924. The number of fused-ring (bicyclic) bond motifs is 2. The van der Waals surface area contributed by atoms with E-state index in [1.54, 1.807) is 11.3 Å². The number of nitrogens with zero attached hydrogens (tertiary/aromatic N) is 4. The zero-order chi connectivity index (χ0) is 13.7. The van der Waals surface area contributed by atoms with Crippen molar-refractivity contribution in [3.8, 4) is 0 Å². The van der Waals surface area contributed by atoms with Crippen LogP contribution >= 0.6 is 11.3 Å². The minimum Gasteiger partial charge on any atom is -0.305 e. The standard InChI is InChI=1S/C14H21N5S/c1-8(2)12-16-17-14-19(12)18-13(20-14)11-7-9-5-3-4-6-10(9)15-11/h8-11,15H,3-7H2,1-2H3. The molecule has 2 aromatic rings. The monoisotopic (exact) mass is 291 g/mol. The van der Waals surface area contributed by atoms with Crippen LogP contribution in [0.15, 0.2) is 0 Å². The molecule has 2 aromatic heterocycles. The summed E-state index contributed by atoms with van der Waals surface area (Å²) >= 11 is 1.69. The first-order valence-electron chi connectivity index (χ1n) is 7.70. The van der Waals surface area contributed by atoms with E-state index < -0.39 is 0 Å². The number of nitrogens with one attached hydrogen (secondary N) is 1. The minimum absolute atomic E-state index is 0.360. The Morgan fingerprint density at radius 3 is 2.90 bits per heavy atom. The van der Waals surface area contributed by atoms with Crippen LogP contribution in [0.3, 0.4) is 0 Å². The maximum Gasteiger partial charge on any atom is 0.234 e. The summed E-state index contributed by atoms with van der Waals surface area (Å²) in [6.45, 7) is 4.27. The molecule has 0 spiro atoms. The highest BCUT2D eigenvalue weighted by molar-refractivity contribution is 7.16. The maximum absolute atomic E-state index is 4.78. The van der Waals surface area contributed by atoms with Crippen LogP contribution < -0.4 is 5.32 Å². The van der Waals surface area contributed by atoms with E-state index in [1.165, 1.54) is 37.1 Å². The summed E-state index contributed by atoms with van der Waals surface area (Å²) in [5.41, 5.74) is 0. The third kappa shape index (κ3) is 1.97. The third-order valence-electron chi connectivity index (χ3n) is 4.71. The molecule has 20 heavy (non-hydrogen) atoms. The van der Waals surface area contributed by atoms with Crippen molar-refractivity contribution in [1.29, 1.82) is 0 Å². The van der Waals surface area contributed by atoms with Gasteiger partial charge in [-0.25, -0.2) is 0 Å². The summed E-state index contributed by atoms with van der Waals surface area (Å²) in [5, 5.41) is 18.3. The summed E-state index contributed by atoms with van der Waals surface area (Å²) in [7, 11) is 0. The molecular weight excluding hydrogens is 270 g/mol. The van der Waals surface area contributed by atoms with Gasteiger partial charge in [-0.2, -0.15) is 9.61 Å². The Morgan fingerprint density at radius 1 is 1.25 bits per heavy atom. The second-order valence-corrected chi connectivity index (χ2v) is 7.44. The predicted molar refractivity (Wildman–Crippen MR) is 79.0 cm³/mol. The summed E-state index contributed by atoms with van der Waals surface area (Å²) in [6, 6.07) is 1.14. The van der Waals surface area contributed by atoms with Gasteiger partial charge in [0, 0.05) is 12.0 Å². The molecule has 5 nitrogen and oxygen atoms in total. The Morgan fingerprint density at radius 2 is 2.10 bits per heavy atom. The van der Waals surface area contributed by atoms with E-state index in [0.29, 0.717) is 18.0 Å². The molecule has 1 aliphatic heterocycles. The minimum atomic E-state index is 0.360. The van der Waals surface area contributed by atoms with Gasteiger partial charge >= 0.3 is 0 Å². The zero-order valence-corrected chi connectivity index (χ0v) is 12.9. The van der Waals surface area contributed by atoms with E-state index >= 15 is 0 Å². The Hall–Kier alpha value is -1.01. The molecule has 0 radical (unpaired) electrons. The van der Waals surface area contributed by atoms with E-state index in [1.807, 2.05) is 4.52 Å². The van der Waals surface area contributed by atoms with Gasteiger partial charge in [0.1, 0.15) is 5.01 Å². The molecule has 108 valence electrons. The zero-order valence-electron chi connectivity index (χ0n) is 12.0. The van der Waals surface area contributed by atoms with Gasteiger partial charge in [0.05, 0.1) is 6.04 Å². The van der Waals surface area contributed by atoms with Crippen LogP contribution in [0.2, 0.25) is 0 Å². The van der Waals surface area contributed by atoms with Crippen molar-refractivity contribution in [3.05, 3.63) is 10.8 Å². The lowest BCUT2D eigenvalue weighted by molar-refractivity contribution is 0.325. The van der Waals surface area contributed by atoms with Gasteiger partial charge in [0.15, 0.2) is 5.82 Å². The SMILES string of the molecule is CC(C)c1nnc2sc(C3CC4CCCCC4N3)nn12. The van der Waals surface area contributed by atoms with E-state index in [-0.39, 0.29) is 0 Å². The lowest BCUT2D eigenvalue weighted by Crippen LogP contribution is -2.30. The van der Waals surface area contributed by atoms with Gasteiger partial charge in [0.2, 0.25) is 4.96 Å². The smallest absolute Gasteiger partial charge is 0.234 e. The molecule has 1 N–H and O–H groups in total. The predicted octanol–water partition coefficient (Wildman–Crippen LogP) is 2.90. The molecular formula is C14H21N5S. The molecule has 4 rings (SSSR count). The molecule has 0 bridgehead atoms. The van der Waals surface area contributed by atoms with Gasteiger partial charge in [-0.3, -0.25) is 0 Å². The first kappa shape index (κ1) is 12.7. The average Bonchev–Trinajstić information content (AvgIpc) is 3.10. The lowest BCUT2D eigenvalue weighted by Gasteiger charge is -2.24. The van der Waals surface area contributed by atoms with Crippen LogP contribution in [-0.4, -0.2) is 25.9 Å². The summed E-state index contributed by atoms with van der Waals surface area (Å²) in [4.78, 5) is 0.931. The van der Waals surface area contributed by atoms with Crippen molar-refractivity contribution in [2.45, 2.75) is 64.0 Å². The van der Waals surface area contributed by atoms with Gasteiger partial charge in [-0.15, -0.1) is 10.2 Å². The van der Waals surface area contributed by atoms with Crippen molar-refractivity contribution >= 4 is 16.3 Å². The normalized spacial score (nSPS) is 30.2. The van der Waals surface area contributed by atoms with Crippen LogP contribution in [0, 0.1) is 5.92 Å². The fourth-order valence-corrected chi connectivity index (χ4v) is 4.58. The number of rotatable bonds is 2. The second kappa shape index (κ2) is 4.77. The van der Waals surface area contributed by atoms with Crippen LogP contribution in [0.5, 0.6) is 0 Å². The molecule has 1 aliphatic carbocycles. The van der Waals surface area contributed by atoms with Crippen LogP contribution in [0.1, 0.15) is 68.7 Å². The van der Waals surface area contributed by atoms with E-state index in [2.05, 4.69) is 29.4 Å². The molecule has 2 fully saturated rings. The third-order valence-corrected chi connectivity index (χ3v) is 5.72. The highest BCUT2D eigenvalue weighted by atomic mass is 32.1. The van der Waals surface area contributed by atoms with E-state index in [9.17, 15) is 0 Å². The number of hydrogen-bond donors (Lipinski definition) is 1. The average molecular weight is 291 g/mol. The molecule has 1 saturated carbocycles. The van der Waals surface area contributed by atoms with Gasteiger partial charge in [0.25, 0.3) is 0 Å². The molecule has 2 aliphatic rings. The van der Waals surface area contributed by atoms with Gasteiger partial charge < -0.3 is 5.32 Å². The van der Waals surface area contributed by atoms with Crippen molar-refractivity contribution in [2.24, 2.45) is 5.92 Å². The lowest BCUT2D eigenvalue weighted by atomic mass is 9.85. The highest BCUT2D eigenvalue weighted by Crippen LogP contribution is 2.40. The topological polar surface area (TPSA) is 55.1 Å². The van der Waals surface area contributed by atoms with Crippen LogP contribution in [0.4, 0.5) is 0 Å². The fourth-order valence-electron chi connectivity index (χ4n) is 3.66. The number of hydrogen-bond acceptors (Lipinski definition) is 5. The van der Waals surface area contributed by atoms with Crippen molar-refractivity contribution in [1.82, 2.24) is 25.1 Å². The maximum atomic E-state index is 4.78. The van der Waals surface area contributed by atoms with Crippen LogP contribution in [-0.2, 0) is 0 Å². The Bertz CT molecular complexity index is 602. The van der Waals surface area contributed by atoms with Crippen molar-refractivity contribution < 1.29 is 0 Å². The van der Waals surface area contributed by atoms with Crippen molar-refractivity contribution in [3.63, 3.8) is 0 Å². The van der Waals surface area contributed by atoms with E-state index in [4.69, 9.17) is 5.10 Å². The largest absolute Gasteiger partial charge is 0.305 e. The molecule has 3 unspecified atom stereocenters. The number of aromatic nitrogens is 4. The Balaban J connectivity index is 1.62. The second-order valence-electron chi connectivity index (χ2n) is 6.45. The molecule has 3 heterocycles. The first-order valence-corrected chi connectivity index (χ1v) is 8.52. The van der Waals surface area contributed by atoms with Crippen molar-refractivity contribution in [2.75, 3.05) is 0 Å². The summed E-state index contributed by atoms with van der Waals surface area (Å²) < 4.78 is 1.94. The molecule has 1 saturated heterocycles. The molecule has 0 aromatic carbocycles. The van der Waals surface area contributed by atoms with E-state index in [0.717, 1.165) is 16.7 Å². The Kier molecular flexibility index (Phi) is 3.03. The first-order chi connectivity index (χ1) is 9.72. The van der Waals surface area contributed by atoms with Gasteiger partial charge in [-0.1, -0.05) is 38.0 Å². The Labute approximate surface area is 122 Å².